The van der Waals surface area contributed by atoms with Crippen molar-refractivity contribution in [2.45, 2.75) is 37.0 Å². The minimum Gasteiger partial charge on any atom is -0.497 e. The van der Waals surface area contributed by atoms with Crippen LogP contribution < -0.4 is 14.9 Å². The molecule has 12 nitrogen and oxygen atoms in total. The van der Waals surface area contributed by atoms with Gasteiger partial charge in [-0.1, -0.05) is 59.1 Å². The first-order valence-corrected chi connectivity index (χ1v) is 18.1. The summed E-state index contributed by atoms with van der Waals surface area (Å²) < 4.78 is 11.1. The van der Waals surface area contributed by atoms with Gasteiger partial charge in [0, 0.05) is 23.9 Å². The molecule has 3 fully saturated rings. The maximum absolute atomic E-state index is 15.3. The molecule has 2 aliphatic carbocycles. The van der Waals surface area contributed by atoms with Gasteiger partial charge in [0.05, 0.1) is 47.6 Å². The van der Waals surface area contributed by atoms with Gasteiger partial charge in [0.2, 0.25) is 11.8 Å². The summed E-state index contributed by atoms with van der Waals surface area (Å²) in [6.07, 6.45) is 2.20. The molecule has 14 heteroatoms. The van der Waals surface area contributed by atoms with Crippen molar-refractivity contribution in [1.29, 1.82) is 0 Å². The predicted octanol–water partition coefficient (Wildman–Crippen LogP) is 5.22. The van der Waals surface area contributed by atoms with Crippen LogP contribution in [0.15, 0.2) is 78.4 Å². The zero-order chi connectivity index (χ0) is 37.6. The van der Waals surface area contributed by atoms with Crippen LogP contribution in [0.2, 0.25) is 10.0 Å². The summed E-state index contributed by atoms with van der Waals surface area (Å²) >= 11 is 12.7. The summed E-state index contributed by atoms with van der Waals surface area (Å²) in [5, 5.41) is 20.1. The largest absolute Gasteiger partial charge is 0.497 e. The van der Waals surface area contributed by atoms with Gasteiger partial charge in [-0.25, -0.2) is 0 Å². The molecule has 0 aromatic heterocycles. The van der Waals surface area contributed by atoms with Crippen LogP contribution in [0.5, 0.6) is 11.5 Å². The Labute approximate surface area is 315 Å². The van der Waals surface area contributed by atoms with Gasteiger partial charge in [0.1, 0.15) is 18.1 Å². The SMILES string of the molecule is COc1ccc(C23C(=O)N(Nc4ccc(Cl)cc4Cl)C(=O)C2CC2C(=CCC4C(=O)N(CCCC(=O)O)C(=O)C42)C3c2ccc(OCCO)cc2)cc1. The molecule has 6 atom stereocenters. The van der Waals surface area contributed by atoms with E-state index in [0.717, 1.165) is 10.6 Å². The number of carbonyl (C=O) groups excluding carboxylic acids is 4. The topological polar surface area (TPSA) is 163 Å². The fourth-order valence-corrected chi connectivity index (χ4v) is 9.26. The van der Waals surface area contributed by atoms with Gasteiger partial charge in [0.25, 0.3) is 11.8 Å². The summed E-state index contributed by atoms with van der Waals surface area (Å²) in [5.41, 5.74) is 3.74. The van der Waals surface area contributed by atoms with Crippen molar-refractivity contribution in [3.63, 3.8) is 0 Å². The summed E-state index contributed by atoms with van der Waals surface area (Å²) in [5.74, 6) is -5.63. The second-order valence-corrected chi connectivity index (χ2v) is 14.5. The van der Waals surface area contributed by atoms with Crippen molar-refractivity contribution in [1.82, 2.24) is 9.91 Å². The Kier molecular flexibility index (Phi) is 9.96. The van der Waals surface area contributed by atoms with E-state index in [1.807, 2.05) is 18.2 Å². The zero-order valence-corrected chi connectivity index (χ0v) is 30.2. The highest BCUT2D eigenvalue weighted by molar-refractivity contribution is 6.36. The Balaban J connectivity index is 1.39. The van der Waals surface area contributed by atoms with E-state index in [2.05, 4.69) is 5.43 Å². The maximum atomic E-state index is 15.3. The first kappa shape index (κ1) is 36.4. The highest BCUT2D eigenvalue weighted by Gasteiger charge is 2.70. The lowest BCUT2D eigenvalue weighted by Gasteiger charge is -2.50. The van der Waals surface area contributed by atoms with Crippen molar-refractivity contribution in [2.75, 3.05) is 32.3 Å². The van der Waals surface area contributed by atoms with Crippen LogP contribution in [0.25, 0.3) is 0 Å². The molecule has 0 radical (unpaired) electrons. The number of anilines is 1. The number of benzene rings is 3. The molecular weight excluding hydrogens is 725 g/mol. The number of carboxylic acid groups (broad SMARTS) is 1. The first-order valence-electron chi connectivity index (χ1n) is 17.4. The number of hydrazine groups is 1. The van der Waals surface area contributed by atoms with Crippen LogP contribution in [-0.4, -0.2) is 76.6 Å². The molecule has 3 N–H and O–H groups in total. The standard InChI is InChI=1S/C39H37Cl2N3O9/c1-52-24-11-6-22(7-12-24)39-29(36(49)44(38(39)51)42-31-15-8-23(40)19-30(31)41)20-28-26(34(39)21-4-9-25(10-5-21)53-18-17-45)13-14-27-33(28)37(50)43(35(27)48)16-2-3-32(46)47/h4-13,15,19,27-29,33-34,42,45H,2-3,14,16-18,20H2,1H3,(H,46,47). The van der Waals surface area contributed by atoms with E-state index in [1.54, 1.807) is 48.5 Å². The average molecular weight is 763 g/mol. The molecule has 53 heavy (non-hydrogen) atoms. The van der Waals surface area contributed by atoms with Crippen molar-refractivity contribution < 1.29 is 43.7 Å². The van der Waals surface area contributed by atoms with Crippen LogP contribution in [0.1, 0.15) is 42.7 Å². The minimum atomic E-state index is -1.52. The number of likely N-dealkylation sites (tertiary alicyclic amines) is 1. The Bertz CT molecular complexity index is 2000. The number of allylic oxidation sites excluding steroid dienone is 2. The lowest BCUT2D eigenvalue weighted by atomic mass is 9.49. The predicted molar refractivity (Wildman–Crippen MR) is 193 cm³/mol. The number of hydrogen-bond acceptors (Lipinski definition) is 9. The molecule has 6 unspecified atom stereocenters. The number of rotatable bonds is 12. The molecule has 3 aromatic carbocycles. The van der Waals surface area contributed by atoms with E-state index in [-0.39, 0.29) is 62.1 Å². The zero-order valence-electron chi connectivity index (χ0n) is 28.7. The molecule has 4 amide bonds. The van der Waals surface area contributed by atoms with Gasteiger partial charge in [-0.3, -0.25) is 34.3 Å². The number of nitrogens with one attached hydrogen (secondary N) is 1. The number of aliphatic hydroxyl groups excluding tert-OH is 1. The maximum Gasteiger partial charge on any atom is 0.303 e. The molecule has 2 aliphatic heterocycles. The number of carbonyl (C=O) groups is 5. The third-order valence-electron chi connectivity index (χ3n) is 11.0. The van der Waals surface area contributed by atoms with E-state index in [1.165, 1.54) is 18.1 Å². The van der Waals surface area contributed by atoms with Crippen molar-refractivity contribution >= 4 is 58.5 Å². The number of halogens is 2. The normalized spacial score (nSPS) is 26.2. The molecule has 2 saturated heterocycles. The number of carboxylic acids is 1. The lowest BCUT2D eigenvalue weighted by Crippen LogP contribution is -2.53. The van der Waals surface area contributed by atoms with E-state index < -0.39 is 58.7 Å². The summed E-state index contributed by atoms with van der Waals surface area (Å²) in [6, 6.07) is 18.8. The Morgan fingerprint density at radius 1 is 0.943 bits per heavy atom. The molecule has 4 aliphatic rings. The average Bonchev–Trinajstić information content (AvgIpc) is 3.52. The van der Waals surface area contributed by atoms with E-state index in [4.69, 9.17) is 32.7 Å². The smallest absolute Gasteiger partial charge is 0.303 e. The van der Waals surface area contributed by atoms with Crippen LogP contribution in [0.3, 0.4) is 0 Å². The summed E-state index contributed by atoms with van der Waals surface area (Å²) in [6.45, 7) is -0.119. The molecule has 0 spiro atoms. The van der Waals surface area contributed by atoms with Gasteiger partial charge >= 0.3 is 5.97 Å². The fraction of sp³-hybridized carbons (Fsp3) is 0.359. The van der Waals surface area contributed by atoms with Crippen molar-refractivity contribution in [2.24, 2.45) is 23.7 Å². The van der Waals surface area contributed by atoms with E-state index in [0.29, 0.717) is 27.6 Å². The second kappa shape index (κ2) is 14.5. The number of hydrogen-bond donors (Lipinski definition) is 3. The van der Waals surface area contributed by atoms with Crippen LogP contribution in [0.4, 0.5) is 5.69 Å². The number of aliphatic carboxylic acids is 1. The Morgan fingerprint density at radius 3 is 2.32 bits per heavy atom. The van der Waals surface area contributed by atoms with Crippen LogP contribution in [-0.2, 0) is 29.4 Å². The van der Waals surface area contributed by atoms with E-state index in [9.17, 15) is 29.4 Å². The third-order valence-corrected chi connectivity index (χ3v) is 11.6. The van der Waals surface area contributed by atoms with Gasteiger partial charge in [-0.05, 0) is 78.8 Å². The molecule has 7 rings (SSSR count). The number of aliphatic hydroxyl groups is 1. The van der Waals surface area contributed by atoms with Gasteiger partial charge in [-0.2, -0.15) is 5.01 Å². The Hall–Kier alpha value is -4.91. The molecule has 3 aromatic rings. The number of methoxy groups -OCH3 is 1. The molecule has 2 heterocycles. The van der Waals surface area contributed by atoms with E-state index >= 15 is 4.79 Å². The van der Waals surface area contributed by atoms with Crippen LogP contribution >= 0.6 is 23.2 Å². The Morgan fingerprint density at radius 2 is 1.66 bits per heavy atom. The monoisotopic (exact) mass is 761 g/mol. The van der Waals surface area contributed by atoms with Gasteiger partial charge in [-0.15, -0.1) is 0 Å². The van der Waals surface area contributed by atoms with Crippen molar-refractivity contribution in [3.05, 3.63) is 99.6 Å². The summed E-state index contributed by atoms with van der Waals surface area (Å²) in [4.78, 5) is 70.4. The highest BCUT2D eigenvalue weighted by Crippen LogP contribution is 2.64. The van der Waals surface area contributed by atoms with Gasteiger partial charge < -0.3 is 19.7 Å². The molecule has 1 saturated carbocycles. The highest BCUT2D eigenvalue weighted by atomic mass is 35.5. The summed E-state index contributed by atoms with van der Waals surface area (Å²) in [7, 11) is 1.53. The number of amides is 4. The van der Waals surface area contributed by atoms with Gasteiger partial charge in [0.15, 0.2) is 0 Å². The minimum absolute atomic E-state index is 0.0199. The number of fused-ring (bicyclic) bond motifs is 4. The molecular formula is C39H37Cl2N3O9. The number of imide groups is 2. The first-order chi connectivity index (χ1) is 25.5. The van der Waals surface area contributed by atoms with Crippen molar-refractivity contribution in [3.8, 4) is 11.5 Å². The van der Waals surface area contributed by atoms with Crippen LogP contribution in [0, 0.1) is 23.7 Å². The third kappa shape index (κ3) is 6.12. The number of nitrogens with zero attached hydrogens (tertiary/aromatic N) is 2. The lowest BCUT2D eigenvalue weighted by molar-refractivity contribution is -0.142. The second-order valence-electron chi connectivity index (χ2n) is 13.7. The quantitative estimate of drug-likeness (QED) is 0.165. The number of ether oxygens (including phenoxy) is 2. The molecule has 0 bridgehead atoms. The fourth-order valence-electron chi connectivity index (χ4n) is 8.81. The molecule has 276 valence electrons.